The minimum atomic E-state index is -0.404. The van der Waals surface area contributed by atoms with E-state index in [1.807, 2.05) is 0 Å². The van der Waals surface area contributed by atoms with E-state index in [-0.39, 0.29) is 22.5 Å². The Morgan fingerprint density at radius 3 is 2.79 bits per heavy atom. The van der Waals surface area contributed by atoms with Crippen molar-refractivity contribution >= 4 is 46.7 Å². The molecule has 0 fully saturated rings. The Morgan fingerprint density at radius 1 is 1.31 bits per heavy atom. The van der Waals surface area contributed by atoms with Gasteiger partial charge in [-0.1, -0.05) is 53.2 Å². The first-order valence-electron chi connectivity index (χ1n) is 8.45. The van der Waals surface area contributed by atoms with Crippen LogP contribution in [0, 0.1) is 12.7 Å². The molecule has 6 nitrogen and oxygen atoms in total. The lowest BCUT2D eigenvalue weighted by atomic mass is 10.2. The van der Waals surface area contributed by atoms with E-state index in [2.05, 4.69) is 27.1 Å². The molecular weight excluding hydrogens is 436 g/mol. The summed E-state index contributed by atoms with van der Waals surface area (Å²) in [6, 6.07) is 7.82. The molecule has 3 aromatic rings. The lowest BCUT2D eigenvalue weighted by molar-refractivity contribution is -0.113. The summed E-state index contributed by atoms with van der Waals surface area (Å²) in [4.78, 5) is 16.5. The van der Waals surface area contributed by atoms with Gasteiger partial charge >= 0.3 is 0 Å². The number of nitrogens with zero attached hydrogens (tertiary/aromatic N) is 4. The highest BCUT2D eigenvalue weighted by molar-refractivity contribution is 7.99. The number of amides is 1. The molecule has 0 aliphatic rings. The number of carbonyl (C=O) groups is 1. The Kier molecular flexibility index (Phi) is 6.89. The Balaban J connectivity index is 1.75. The summed E-state index contributed by atoms with van der Waals surface area (Å²) < 4.78 is 15.8. The van der Waals surface area contributed by atoms with Gasteiger partial charge in [0.05, 0.1) is 27.1 Å². The number of nitrogens with one attached hydrogen (secondary N) is 1. The van der Waals surface area contributed by atoms with E-state index >= 15 is 0 Å². The third kappa shape index (κ3) is 4.95. The standard InChI is InChI=1S/C19H16Cl2FN5OS/c1-3-8-27-18(12-6-4-5-7-15(12)22)25-26-19(27)29-10-16(28)24-17-14(21)9-13(20)11(2)23-17/h3-7,9H,1,8,10H2,2H3,(H,23,24,28). The van der Waals surface area contributed by atoms with Crippen molar-refractivity contribution < 1.29 is 9.18 Å². The zero-order valence-electron chi connectivity index (χ0n) is 15.3. The van der Waals surface area contributed by atoms with Gasteiger partial charge in [0.2, 0.25) is 5.91 Å². The van der Waals surface area contributed by atoms with Crippen LogP contribution in [0.25, 0.3) is 11.4 Å². The molecular formula is C19H16Cl2FN5OS. The molecule has 0 atom stereocenters. The lowest BCUT2D eigenvalue weighted by Gasteiger charge is -2.09. The van der Waals surface area contributed by atoms with E-state index in [0.717, 1.165) is 11.8 Å². The average molecular weight is 452 g/mol. The number of halogens is 3. The van der Waals surface area contributed by atoms with Gasteiger partial charge in [-0.2, -0.15) is 0 Å². The molecule has 1 amide bonds. The molecule has 0 spiro atoms. The van der Waals surface area contributed by atoms with Gasteiger partial charge in [0, 0.05) is 6.54 Å². The molecule has 3 rings (SSSR count). The maximum Gasteiger partial charge on any atom is 0.236 e. The number of pyridine rings is 1. The number of thioether (sulfide) groups is 1. The fraction of sp³-hybridized carbons (Fsp3) is 0.158. The summed E-state index contributed by atoms with van der Waals surface area (Å²) >= 11 is 13.2. The minimum absolute atomic E-state index is 0.0340. The van der Waals surface area contributed by atoms with Gasteiger partial charge < -0.3 is 5.32 Å². The molecule has 10 heteroatoms. The molecule has 0 saturated heterocycles. The van der Waals surface area contributed by atoms with E-state index in [1.54, 1.807) is 35.8 Å². The maximum absolute atomic E-state index is 14.2. The smallest absolute Gasteiger partial charge is 0.236 e. The number of benzene rings is 1. The molecule has 2 aromatic heterocycles. The predicted octanol–water partition coefficient (Wildman–Crippen LogP) is 5.01. The van der Waals surface area contributed by atoms with Crippen LogP contribution >= 0.6 is 35.0 Å². The topological polar surface area (TPSA) is 72.7 Å². The van der Waals surface area contributed by atoms with Crippen molar-refractivity contribution in [2.45, 2.75) is 18.6 Å². The van der Waals surface area contributed by atoms with Crippen LogP contribution in [0.15, 0.2) is 48.1 Å². The summed E-state index contributed by atoms with van der Waals surface area (Å²) in [6.45, 7) is 5.80. The van der Waals surface area contributed by atoms with Crippen molar-refractivity contribution in [2.75, 3.05) is 11.1 Å². The number of anilines is 1. The van der Waals surface area contributed by atoms with E-state index in [9.17, 15) is 9.18 Å². The number of aromatic nitrogens is 4. The number of hydrogen-bond donors (Lipinski definition) is 1. The molecule has 1 N–H and O–H groups in total. The predicted molar refractivity (Wildman–Crippen MR) is 114 cm³/mol. The van der Waals surface area contributed by atoms with E-state index in [1.165, 1.54) is 12.1 Å². The van der Waals surface area contributed by atoms with Crippen molar-refractivity contribution in [3.05, 3.63) is 64.5 Å². The number of aryl methyl sites for hydroxylation is 1. The van der Waals surface area contributed by atoms with Crippen LogP contribution in [0.1, 0.15) is 5.69 Å². The normalized spacial score (nSPS) is 10.8. The van der Waals surface area contributed by atoms with Gasteiger partial charge in [0.15, 0.2) is 16.8 Å². The number of allylic oxidation sites excluding steroid dienone is 1. The first kappa shape index (κ1) is 21.3. The number of hydrogen-bond acceptors (Lipinski definition) is 5. The van der Waals surface area contributed by atoms with Crippen LogP contribution in [-0.2, 0) is 11.3 Å². The summed E-state index contributed by atoms with van der Waals surface area (Å²) in [5.41, 5.74) is 0.880. The van der Waals surface area contributed by atoms with Gasteiger partial charge in [0.1, 0.15) is 5.82 Å². The highest BCUT2D eigenvalue weighted by Gasteiger charge is 2.18. The van der Waals surface area contributed by atoms with Crippen LogP contribution in [0.3, 0.4) is 0 Å². The zero-order valence-corrected chi connectivity index (χ0v) is 17.7. The van der Waals surface area contributed by atoms with Gasteiger partial charge in [-0.3, -0.25) is 9.36 Å². The van der Waals surface area contributed by atoms with Crippen LogP contribution in [-0.4, -0.2) is 31.4 Å². The van der Waals surface area contributed by atoms with Crippen molar-refractivity contribution in [2.24, 2.45) is 0 Å². The summed E-state index contributed by atoms with van der Waals surface area (Å²) in [5, 5.41) is 12.0. The molecule has 0 aliphatic carbocycles. The van der Waals surface area contributed by atoms with E-state index < -0.39 is 5.82 Å². The van der Waals surface area contributed by atoms with Gasteiger partial charge in [-0.25, -0.2) is 9.37 Å². The second-order valence-corrected chi connectivity index (χ2v) is 7.67. The van der Waals surface area contributed by atoms with Gasteiger partial charge in [0.25, 0.3) is 0 Å². The molecule has 0 radical (unpaired) electrons. The SMILES string of the molecule is C=CCn1c(SCC(=O)Nc2nc(C)c(Cl)cc2Cl)nnc1-c1ccccc1F. The second kappa shape index (κ2) is 9.39. The van der Waals surface area contributed by atoms with Crippen molar-refractivity contribution in [3.63, 3.8) is 0 Å². The van der Waals surface area contributed by atoms with Crippen molar-refractivity contribution in [1.29, 1.82) is 0 Å². The molecule has 2 heterocycles. The molecule has 0 aliphatic heterocycles. The molecule has 0 unspecified atom stereocenters. The quantitative estimate of drug-likeness (QED) is 0.403. The summed E-state index contributed by atoms with van der Waals surface area (Å²) in [6.07, 6.45) is 1.65. The highest BCUT2D eigenvalue weighted by Crippen LogP contribution is 2.28. The Morgan fingerprint density at radius 2 is 2.07 bits per heavy atom. The third-order valence-electron chi connectivity index (χ3n) is 3.84. The van der Waals surface area contributed by atoms with Crippen molar-refractivity contribution in [1.82, 2.24) is 19.7 Å². The van der Waals surface area contributed by atoms with Gasteiger partial charge in [-0.15, -0.1) is 16.8 Å². The average Bonchev–Trinajstić information content (AvgIpc) is 3.07. The fourth-order valence-corrected chi connectivity index (χ4v) is 3.63. The van der Waals surface area contributed by atoms with E-state index in [4.69, 9.17) is 23.2 Å². The Bertz CT molecular complexity index is 1070. The van der Waals surface area contributed by atoms with E-state index in [0.29, 0.717) is 33.8 Å². The lowest BCUT2D eigenvalue weighted by Crippen LogP contribution is -2.16. The van der Waals surface area contributed by atoms with Crippen molar-refractivity contribution in [3.8, 4) is 11.4 Å². The Hall–Kier alpha value is -2.42. The third-order valence-corrected chi connectivity index (χ3v) is 5.48. The van der Waals surface area contributed by atoms with Crippen LogP contribution in [0.2, 0.25) is 10.0 Å². The second-order valence-electron chi connectivity index (χ2n) is 5.91. The molecule has 0 saturated carbocycles. The summed E-state index contributed by atoms with van der Waals surface area (Å²) in [7, 11) is 0. The van der Waals surface area contributed by atoms with Crippen LogP contribution in [0.4, 0.5) is 10.2 Å². The molecule has 29 heavy (non-hydrogen) atoms. The minimum Gasteiger partial charge on any atom is -0.309 e. The first-order valence-corrected chi connectivity index (χ1v) is 10.2. The molecule has 1 aromatic carbocycles. The highest BCUT2D eigenvalue weighted by atomic mass is 35.5. The monoisotopic (exact) mass is 451 g/mol. The molecule has 0 bridgehead atoms. The summed E-state index contributed by atoms with van der Waals surface area (Å²) in [5.74, 6) is -0.0977. The van der Waals surface area contributed by atoms with Crippen LogP contribution in [0.5, 0.6) is 0 Å². The maximum atomic E-state index is 14.2. The number of carbonyl (C=O) groups excluding carboxylic acids is 1. The molecule has 150 valence electrons. The number of rotatable bonds is 7. The fourth-order valence-electron chi connectivity index (χ4n) is 2.48. The first-order chi connectivity index (χ1) is 13.9. The van der Waals surface area contributed by atoms with Crippen LogP contribution < -0.4 is 5.32 Å². The van der Waals surface area contributed by atoms with Gasteiger partial charge in [-0.05, 0) is 25.1 Å². The largest absolute Gasteiger partial charge is 0.309 e. The Labute approximate surface area is 181 Å². The zero-order chi connectivity index (χ0) is 21.0.